The average molecular weight is 191 g/mol. The molecule has 1 aromatic heterocycles. The molecule has 0 saturated carbocycles. The average Bonchev–Trinajstić information content (AvgIpc) is 2.19. The van der Waals surface area contributed by atoms with Gasteiger partial charge in [0.2, 0.25) is 0 Å². The van der Waals surface area contributed by atoms with E-state index in [4.69, 9.17) is 5.73 Å². The molecule has 4 N–H and O–H groups in total. The molecule has 0 aliphatic heterocycles. The van der Waals surface area contributed by atoms with Crippen LogP contribution in [0.15, 0.2) is 36.1 Å². The molecule has 5 heteroatoms. The third kappa shape index (κ3) is 2.56. The Labute approximate surface area is 82.7 Å². The van der Waals surface area contributed by atoms with Gasteiger partial charge in [0, 0.05) is 13.2 Å². The van der Waals surface area contributed by atoms with Gasteiger partial charge in [0.25, 0.3) is 0 Å². The summed E-state index contributed by atoms with van der Waals surface area (Å²) in [5, 5.41) is 0. The van der Waals surface area contributed by atoms with E-state index in [9.17, 15) is 0 Å². The highest BCUT2D eigenvalue weighted by atomic mass is 15.4. The zero-order chi connectivity index (χ0) is 10.4. The van der Waals surface area contributed by atoms with Crippen molar-refractivity contribution in [1.82, 2.24) is 15.8 Å². The number of hydrazine groups is 1. The van der Waals surface area contributed by atoms with E-state index < -0.39 is 0 Å². The van der Waals surface area contributed by atoms with Crippen LogP contribution in [0.1, 0.15) is 5.69 Å². The van der Waals surface area contributed by atoms with Gasteiger partial charge in [-0.15, -0.1) is 0 Å². The quantitative estimate of drug-likeness (QED) is 0.364. The standard InChI is InChI=1S/C9H13N5/c1-3-12-9(14-11-2)8-5-4-7(10)6-13-8/h3-6,11H,1,10H2,2H3,(H,12,14). The van der Waals surface area contributed by atoms with Gasteiger partial charge in [-0.1, -0.05) is 6.58 Å². The lowest BCUT2D eigenvalue weighted by atomic mass is 10.3. The number of aliphatic imine (C=N–C) groups is 1. The van der Waals surface area contributed by atoms with Crippen molar-refractivity contribution in [2.45, 2.75) is 0 Å². The van der Waals surface area contributed by atoms with E-state index >= 15 is 0 Å². The summed E-state index contributed by atoms with van der Waals surface area (Å²) < 4.78 is 0. The highest BCUT2D eigenvalue weighted by Crippen LogP contribution is 2.01. The second-order valence-electron chi connectivity index (χ2n) is 2.51. The third-order valence-corrected chi connectivity index (χ3v) is 1.49. The maximum absolute atomic E-state index is 5.52. The first kappa shape index (κ1) is 10.2. The second-order valence-corrected chi connectivity index (χ2v) is 2.51. The van der Waals surface area contributed by atoms with Crippen LogP contribution in [0.2, 0.25) is 0 Å². The fourth-order valence-corrected chi connectivity index (χ4v) is 0.918. The predicted molar refractivity (Wildman–Crippen MR) is 57.6 cm³/mol. The predicted octanol–water partition coefficient (Wildman–Crippen LogP) is 0.278. The number of rotatable bonds is 3. The summed E-state index contributed by atoms with van der Waals surface area (Å²) in [6.07, 6.45) is 3.02. The Morgan fingerprint density at radius 1 is 1.64 bits per heavy atom. The van der Waals surface area contributed by atoms with Gasteiger partial charge in [-0.2, -0.15) is 0 Å². The van der Waals surface area contributed by atoms with E-state index in [1.165, 1.54) is 6.20 Å². The monoisotopic (exact) mass is 191 g/mol. The Morgan fingerprint density at radius 2 is 2.43 bits per heavy atom. The lowest BCUT2D eigenvalue weighted by Crippen LogP contribution is -2.35. The Bertz CT molecular complexity index is 328. The summed E-state index contributed by atoms with van der Waals surface area (Å²) in [7, 11) is 1.75. The van der Waals surface area contributed by atoms with Crippen molar-refractivity contribution in [3.05, 3.63) is 36.8 Å². The lowest BCUT2D eigenvalue weighted by Gasteiger charge is -2.06. The van der Waals surface area contributed by atoms with Crippen LogP contribution in [-0.2, 0) is 0 Å². The summed E-state index contributed by atoms with van der Waals surface area (Å²) >= 11 is 0. The first-order chi connectivity index (χ1) is 6.77. The highest BCUT2D eigenvalue weighted by Gasteiger charge is 2.01. The minimum atomic E-state index is 0.600. The number of pyridine rings is 1. The number of nitrogens with one attached hydrogen (secondary N) is 2. The molecular weight excluding hydrogens is 178 g/mol. The van der Waals surface area contributed by atoms with Gasteiger partial charge in [0.15, 0.2) is 5.84 Å². The van der Waals surface area contributed by atoms with Crippen LogP contribution < -0.4 is 16.6 Å². The van der Waals surface area contributed by atoms with Gasteiger partial charge >= 0.3 is 0 Å². The van der Waals surface area contributed by atoms with Gasteiger partial charge in [-0.05, 0) is 12.1 Å². The van der Waals surface area contributed by atoms with E-state index in [2.05, 4.69) is 27.4 Å². The number of anilines is 1. The number of hydrogen-bond donors (Lipinski definition) is 3. The molecular formula is C9H13N5. The minimum Gasteiger partial charge on any atom is -0.397 e. The van der Waals surface area contributed by atoms with Gasteiger partial charge in [0.1, 0.15) is 5.69 Å². The number of nitrogens with two attached hydrogens (primary N) is 1. The molecule has 0 spiro atoms. The molecule has 0 bridgehead atoms. The second kappa shape index (κ2) is 4.98. The number of amidine groups is 1. The van der Waals surface area contributed by atoms with Crippen LogP contribution in [0.3, 0.4) is 0 Å². The van der Waals surface area contributed by atoms with Crippen molar-refractivity contribution in [2.24, 2.45) is 4.99 Å². The Kier molecular flexibility index (Phi) is 3.63. The topological polar surface area (TPSA) is 75.3 Å². The SMILES string of the molecule is C=CN=C(NNC)c1ccc(N)cn1. The number of nitrogen functional groups attached to an aromatic ring is 1. The highest BCUT2D eigenvalue weighted by molar-refractivity contribution is 5.97. The molecule has 0 fully saturated rings. The van der Waals surface area contributed by atoms with E-state index in [1.54, 1.807) is 25.4 Å². The summed E-state index contributed by atoms with van der Waals surface area (Å²) in [4.78, 5) is 8.13. The van der Waals surface area contributed by atoms with Crippen molar-refractivity contribution in [2.75, 3.05) is 12.8 Å². The third-order valence-electron chi connectivity index (χ3n) is 1.49. The molecule has 0 aliphatic rings. The van der Waals surface area contributed by atoms with Crippen molar-refractivity contribution in [1.29, 1.82) is 0 Å². The molecule has 0 aromatic carbocycles. The summed E-state index contributed by atoms with van der Waals surface area (Å²) in [6, 6.07) is 3.54. The summed E-state index contributed by atoms with van der Waals surface area (Å²) in [6.45, 7) is 3.52. The van der Waals surface area contributed by atoms with Gasteiger partial charge in [0.05, 0.1) is 11.9 Å². The van der Waals surface area contributed by atoms with Crippen LogP contribution in [0, 0.1) is 0 Å². The maximum Gasteiger partial charge on any atom is 0.166 e. The largest absolute Gasteiger partial charge is 0.397 e. The summed E-state index contributed by atoms with van der Waals surface area (Å²) in [5.74, 6) is 0.600. The Hall–Kier alpha value is -1.88. The first-order valence-corrected chi connectivity index (χ1v) is 4.11. The molecule has 0 saturated heterocycles. The smallest absolute Gasteiger partial charge is 0.166 e. The number of nitrogens with zero attached hydrogens (tertiary/aromatic N) is 2. The van der Waals surface area contributed by atoms with Crippen LogP contribution in [0.5, 0.6) is 0 Å². The lowest BCUT2D eigenvalue weighted by molar-refractivity contribution is 0.766. The van der Waals surface area contributed by atoms with Crippen LogP contribution >= 0.6 is 0 Å². The molecule has 1 rings (SSSR count). The fourth-order valence-electron chi connectivity index (χ4n) is 0.918. The van der Waals surface area contributed by atoms with Crippen LogP contribution in [-0.4, -0.2) is 17.9 Å². The number of aromatic nitrogens is 1. The molecule has 14 heavy (non-hydrogen) atoms. The van der Waals surface area contributed by atoms with Crippen LogP contribution in [0.4, 0.5) is 5.69 Å². The molecule has 74 valence electrons. The summed E-state index contributed by atoms with van der Waals surface area (Å²) in [5.41, 5.74) is 12.5. The van der Waals surface area contributed by atoms with Crippen molar-refractivity contribution in [3.63, 3.8) is 0 Å². The minimum absolute atomic E-state index is 0.600. The van der Waals surface area contributed by atoms with Crippen molar-refractivity contribution >= 4 is 11.5 Å². The van der Waals surface area contributed by atoms with Gasteiger partial charge in [-0.3, -0.25) is 4.98 Å². The normalized spacial score (nSPS) is 11.1. The Balaban J connectivity index is 2.93. The molecule has 0 amide bonds. The van der Waals surface area contributed by atoms with Gasteiger partial charge < -0.3 is 11.2 Å². The van der Waals surface area contributed by atoms with Crippen LogP contribution in [0.25, 0.3) is 0 Å². The van der Waals surface area contributed by atoms with E-state index in [-0.39, 0.29) is 0 Å². The van der Waals surface area contributed by atoms with E-state index in [0.717, 1.165) is 0 Å². The van der Waals surface area contributed by atoms with E-state index in [0.29, 0.717) is 17.2 Å². The molecule has 1 heterocycles. The van der Waals surface area contributed by atoms with Gasteiger partial charge in [-0.25, -0.2) is 10.4 Å². The van der Waals surface area contributed by atoms with E-state index in [1.807, 2.05) is 0 Å². The maximum atomic E-state index is 5.52. The zero-order valence-electron chi connectivity index (χ0n) is 7.99. The number of hydrogen-bond acceptors (Lipinski definition) is 4. The molecule has 0 unspecified atom stereocenters. The molecule has 0 atom stereocenters. The fraction of sp³-hybridized carbons (Fsp3) is 0.111. The Morgan fingerprint density at radius 3 is 2.93 bits per heavy atom. The first-order valence-electron chi connectivity index (χ1n) is 4.11. The van der Waals surface area contributed by atoms with Crippen molar-refractivity contribution in [3.8, 4) is 0 Å². The molecule has 0 radical (unpaired) electrons. The molecule has 0 aliphatic carbocycles. The molecule has 5 nitrogen and oxygen atoms in total. The molecule has 1 aromatic rings. The van der Waals surface area contributed by atoms with Crippen molar-refractivity contribution < 1.29 is 0 Å². The zero-order valence-corrected chi connectivity index (χ0v) is 7.99.